The summed E-state index contributed by atoms with van der Waals surface area (Å²) in [7, 11) is -6.22. The van der Waals surface area contributed by atoms with Gasteiger partial charge in [-0.1, -0.05) is 6.07 Å². The van der Waals surface area contributed by atoms with Gasteiger partial charge in [0, 0.05) is 17.3 Å². The third-order valence-corrected chi connectivity index (χ3v) is 6.47. The lowest BCUT2D eigenvalue weighted by Crippen LogP contribution is -2.38. The third-order valence-electron chi connectivity index (χ3n) is 3.12. The van der Waals surface area contributed by atoms with Crippen molar-refractivity contribution >= 4 is 27.2 Å². The monoisotopic (exact) mass is 380 g/mol. The number of halogens is 6. The van der Waals surface area contributed by atoms with Crippen LogP contribution in [0.25, 0.3) is 0 Å². The lowest BCUT2D eigenvalue weighted by Gasteiger charge is -2.11. The molecule has 0 radical (unpaired) electrons. The average molecular weight is 380 g/mol. The van der Waals surface area contributed by atoms with E-state index >= 15 is 0 Å². The number of benzene rings is 2. The average Bonchev–Trinajstić information content (AvgIpc) is 2.35. The zero-order chi connectivity index (χ0) is 18.7. The SMILES string of the molecule is C[Si](C)(F)c1cc(F)cc(F)c1.C[Si](C)(F)c1ccc(F)cc1F. The molecule has 0 amide bonds. The van der Waals surface area contributed by atoms with Crippen molar-refractivity contribution < 1.29 is 25.8 Å². The van der Waals surface area contributed by atoms with Crippen molar-refractivity contribution in [2.45, 2.75) is 26.2 Å². The molecule has 0 atom stereocenters. The topological polar surface area (TPSA) is 0 Å². The highest BCUT2D eigenvalue weighted by Gasteiger charge is 2.27. The first-order chi connectivity index (χ1) is 10.8. The summed E-state index contributed by atoms with van der Waals surface area (Å²) in [5.74, 6) is -2.89. The fourth-order valence-corrected chi connectivity index (χ4v) is 3.95. The Balaban J connectivity index is 0.000000240. The van der Waals surface area contributed by atoms with Crippen LogP contribution in [-0.4, -0.2) is 16.8 Å². The van der Waals surface area contributed by atoms with Crippen LogP contribution in [0, 0.1) is 23.3 Å². The Bertz CT molecular complexity index is 684. The number of hydrogen-bond acceptors (Lipinski definition) is 0. The number of rotatable bonds is 2. The van der Waals surface area contributed by atoms with Crippen LogP contribution in [0.5, 0.6) is 0 Å². The second kappa shape index (κ2) is 7.56. The third kappa shape index (κ3) is 6.16. The molecule has 0 aliphatic carbocycles. The van der Waals surface area contributed by atoms with E-state index in [1.165, 1.54) is 32.3 Å². The van der Waals surface area contributed by atoms with Crippen LogP contribution in [0.15, 0.2) is 36.4 Å². The summed E-state index contributed by atoms with van der Waals surface area (Å²) < 4.78 is 77.0. The maximum Gasteiger partial charge on any atom is 0.274 e. The predicted octanol–water partition coefficient (Wildman–Crippen LogP) is 4.69. The molecule has 0 bridgehead atoms. The van der Waals surface area contributed by atoms with Crippen molar-refractivity contribution in [2.75, 3.05) is 0 Å². The van der Waals surface area contributed by atoms with Crippen molar-refractivity contribution in [3.05, 3.63) is 59.7 Å². The fraction of sp³-hybridized carbons (Fsp3) is 0.250. The molecule has 0 saturated heterocycles. The van der Waals surface area contributed by atoms with E-state index in [1.54, 1.807) is 0 Å². The fourth-order valence-electron chi connectivity index (χ4n) is 1.87. The van der Waals surface area contributed by atoms with E-state index in [9.17, 15) is 25.8 Å². The summed E-state index contributed by atoms with van der Waals surface area (Å²) in [6.07, 6.45) is 0. The second-order valence-electron chi connectivity index (χ2n) is 6.23. The van der Waals surface area contributed by atoms with Crippen LogP contribution in [-0.2, 0) is 0 Å². The molecule has 0 unspecified atom stereocenters. The van der Waals surface area contributed by atoms with E-state index in [0.29, 0.717) is 6.07 Å². The molecule has 0 N–H and O–H groups in total. The van der Waals surface area contributed by atoms with Crippen LogP contribution in [0.1, 0.15) is 0 Å². The summed E-state index contributed by atoms with van der Waals surface area (Å²) in [6.45, 7) is 5.51. The largest absolute Gasteiger partial charge is 0.308 e. The molecular formula is C16H18F6Si2. The van der Waals surface area contributed by atoms with Gasteiger partial charge in [-0.3, -0.25) is 0 Å². The van der Waals surface area contributed by atoms with E-state index < -0.39 is 40.1 Å². The van der Waals surface area contributed by atoms with Crippen molar-refractivity contribution in [1.29, 1.82) is 0 Å². The summed E-state index contributed by atoms with van der Waals surface area (Å²) in [5, 5.41) is 0.170. The first kappa shape index (κ1) is 20.5. The van der Waals surface area contributed by atoms with Gasteiger partial charge in [0.1, 0.15) is 23.3 Å². The van der Waals surface area contributed by atoms with Crippen molar-refractivity contribution in [3.8, 4) is 0 Å². The maximum atomic E-state index is 13.3. The summed E-state index contributed by atoms with van der Waals surface area (Å²) in [6, 6.07) is 5.81. The van der Waals surface area contributed by atoms with E-state index in [2.05, 4.69) is 0 Å². The molecule has 2 aromatic carbocycles. The molecule has 0 aromatic heterocycles. The van der Waals surface area contributed by atoms with E-state index in [-0.39, 0.29) is 10.4 Å². The summed E-state index contributed by atoms with van der Waals surface area (Å²) in [5.41, 5.74) is 0. The van der Waals surface area contributed by atoms with Crippen molar-refractivity contribution in [2.24, 2.45) is 0 Å². The highest BCUT2D eigenvalue weighted by molar-refractivity contribution is 6.84. The van der Waals surface area contributed by atoms with E-state index in [4.69, 9.17) is 0 Å². The molecule has 8 heteroatoms. The van der Waals surface area contributed by atoms with Crippen LogP contribution < -0.4 is 10.4 Å². The summed E-state index contributed by atoms with van der Waals surface area (Å²) in [4.78, 5) is 0. The molecule has 2 rings (SSSR count). The van der Waals surface area contributed by atoms with Gasteiger partial charge in [-0.15, -0.1) is 0 Å². The van der Waals surface area contributed by atoms with Gasteiger partial charge in [0.2, 0.25) is 0 Å². The van der Waals surface area contributed by atoms with Gasteiger partial charge >= 0.3 is 0 Å². The van der Waals surface area contributed by atoms with Crippen LogP contribution in [0.2, 0.25) is 26.2 Å². The van der Waals surface area contributed by atoms with Gasteiger partial charge in [0.25, 0.3) is 16.8 Å². The predicted molar refractivity (Wildman–Crippen MR) is 89.2 cm³/mol. The van der Waals surface area contributed by atoms with Gasteiger partial charge in [-0.2, -0.15) is 0 Å². The zero-order valence-electron chi connectivity index (χ0n) is 13.7. The quantitative estimate of drug-likeness (QED) is 0.403. The van der Waals surface area contributed by atoms with Gasteiger partial charge in [-0.05, 0) is 49.6 Å². The highest BCUT2D eigenvalue weighted by Crippen LogP contribution is 2.09. The maximum absolute atomic E-state index is 13.3. The Morgan fingerprint density at radius 1 is 0.625 bits per heavy atom. The molecule has 0 aliphatic heterocycles. The molecule has 0 fully saturated rings. The minimum absolute atomic E-state index is 0.0175. The standard InChI is InChI=1S/2C8H9F3Si/c1-12(2,11)8-4-6(9)3-7(10)5-8;1-12(2,11)8-4-3-6(9)5-7(8)10/h2*3-5H,1-2H3. The molecule has 132 valence electrons. The summed E-state index contributed by atoms with van der Waals surface area (Å²) >= 11 is 0. The lowest BCUT2D eigenvalue weighted by molar-refractivity contribution is 0.584. The molecule has 0 heterocycles. The minimum Gasteiger partial charge on any atom is -0.308 e. The van der Waals surface area contributed by atoms with Crippen LogP contribution >= 0.6 is 0 Å². The normalized spacial score (nSPS) is 11.8. The Labute approximate surface area is 139 Å². The molecule has 0 aliphatic rings. The molecule has 0 nitrogen and oxygen atoms in total. The molecule has 0 spiro atoms. The first-order valence-electron chi connectivity index (χ1n) is 7.10. The zero-order valence-corrected chi connectivity index (χ0v) is 15.7. The van der Waals surface area contributed by atoms with Crippen molar-refractivity contribution in [1.82, 2.24) is 0 Å². The van der Waals surface area contributed by atoms with E-state index in [0.717, 1.165) is 24.3 Å². The highest BCUT2D eigenvalue weighted by atomic mass is 28.4. The lowest BCUT2D eigenvalue weighted by atomic mass is 10.3. The molecule has 2 aromatic rings. The van der Waals surface area contributed by atoms with Gasteiger partial charge < -0.3 is 8.22 Å². The molecular weight excluding hydrogens is 362 g/mol. The minimum atomic E-state index is -3.14. The first-order valence-corrected chi connectivity index (χ1v) is 12.9. The van der Waals surface area contributed by atoms with Gasteiger partial charge in [0.15, 0.2) is 0 Å². The van der Waals surface area contributed by atoms with Crippen molar-refractivity contribution in [3.63, 3.8) is 0 Å². The molecule has 0 saturated carbocycles. The number of hydrogen-bond donors (Lipinski definition) is 0. The van der Waals surface area contributed by atoms with Gasteiger partial charge in [-0.25, -0.2) is 17.6 Å². The Morgan fingerprint density at radius 2 is 1.12 bits per heavy atom. The smallest absolute Gasteiger partial charge is 0.274 e. The Hall–Kier alpha value is -1.55. The molecule has 24 heavy (non-hydrogen) atoms. The van der Waals surface area contributed by atoms with Crippen LogP contribution in [0.3, 0.4) is 0 Å². The Kier molecular flexibility index (Phi) is 6.46. The van der Waals surface area contributed by atoms with Crippen LogP contribution in [0.4, 0.5) is 25.8 Å². The second-order valence-corrected chi connectivity index (χ2v) is 13.2. The van der Waals surface area contributed by atoms with E-state index in [1.807, 2.05) is 0 Å². The van der Waals surface area contributed by atoms with Gasteiger partial charge in [0.05, 0.1) is 0 Å². The Morgan fingerprint density at radius 3 is 1.50 bits per heavy atom.